The predicted molar refractivity (Wildman–Crippen MR) is 145 cm³/mol. The number of hydrogen-bond donors (Lipinski definition) is 0. The van der Waals surface area contributed by atoms with Crippen LogP contribution >= 0.6 is 11.3 Å². The summed E-state index contributed by atoms with van der Waals surface area (Å²) in [6.45, 7) is 10.0. The number of nitrogens with zero attached hydrogens (tertiary/aromatic N) is 4. The molecule has 0 aliphatic rings. The van der Waals surface area contributed by atoms with Crippen LogP contribution < -0.4 is 4.90 Å². The van der Waals surface area contributed by atoms with E-state index in [2.05, 4.69) is 13.0 Å². The Balaban J connectivity index is 1.93. The fraction of sp³-hybridized carbons (Fsp3) is 0.462. The van der Waals surface area contributed by atoms with Gasteiger partial charge in [0.25, 0.3) is 5.91 Å². The van der Waals surface area contributed by atoms with Gasteiger partial charge in [0.15, 0.2) is 5.13 Å². The molecule has 3 rings (SSSR count). The third kappa shape index (κ3) is 6.27. The van der Waals surface area contributed by atoms with Crippen molar-refractivity contribution in [2.75, 3.05) is 45.2 Å². The number of aryl methyl sites for hydroxylation is 2. The molecule has 1 aromatic heterocycles. The highest BCUT2D eigenvalue weighted by atomic mass is 32.2. The van der Waals surface area contributed by atoms with Gasteiger partial charge in [-0.1, -0.05) is 37.7 Å². The molecule has 0 atom stereocenters. The molecule has 35 heavy (non-hydrogen) atoms. The quantitative estimate of drug-likeness (QED) is 0.361. The van der Waals surface area contributed by atoms with Crippen molar-refractivity contribution in [3.63, 3.8) is 0 Å². The van der Waals surface area contributed by atoms with Gasteiger partial charge >= 0.3 is 0 Å². The molecule has 7 nitrogen and oxygen atoms in total. The van der Waals surface area contributed by atoms with E-state index in [1.54, 1.807) is 17.0 Å². The lowest BCUT2D eigenvalue weighted by atomic mass is 10.1. The summed E-state index contributed by atoms with van der Waals surface area (Å²) in [6, 6.07) is 10.4. The molecule has 0 saturated heterocycles. The number of sulfonamides is 1. The summed E-state index contributed by atoms with van der Waals surface area (Å²) in [4.78, 5) is 22.3. The molecule has 1 heterocycles. The van der Waals surface area contributed by atoms with Crippen LogP contribution in [0.1, 0.15) is 48.2 Å². The van der Waals surface area contributed by atoms with Gasteiger partial charge in [-0.25, -0.2) is 13.4 Å². The lowest BCUT2D eigenvalue weighted by molar-refractivity contribution is 0.0985. The standard InChI is InChI=1S/C26H36N4O3S2/c1-7-9-14-29(8-2)35(32,33)22-12-10-21(11-13-22)25(31)30(16-15-28(5)6)26-27-23-18-19(3)17-20(4)24(23)34-26/h10-13,17-18H,7-9,14-16H2,1-6H3. The zero-order chi connectivity index (χ0) is 25.8. The zero-order valence-corrected chi connectivity index (χ0v) is 23.2. The summed E-state index contributed by atoms with van der Waals surface area (Å²) in [6.07, 6.45) is 1.73. The highest BCUT2D eigenvalue weighted by molar-refractivity contribution is 7.89. The number of unbranched alkanes of at least 4 members (excludes halogenated alkanes) is 1. The number of carbonyl (C=O) groups is 1. The second kappa shape index (κ2) is 11.6. The van der Waals surface area contributed by atoms with Crippen LogP contribution in [0.4, 0.5) is 5.13 Å². The molecule has 2 aromatic carbocycles. The van der Waals surface area contributed by atoms with Crippen LogP contribution in [-0.4, -0.2) is 68.8 Å². The number of likely N-dealkylation sites (N-methyl/N-ethyl adjacent to an activating group) is 1. The third-order valence-electron chi connectivity index (χ3n) is 5.91. The normalized spacial score (nSPS) is 12.1. The minimum atomic E-state index is -3.59. The fourth-order valence-electron chi connectivity index (χ4n) is 3.92. The van der Waals surface area contributed by atoms with E-state index < -0.39 is 10.0 Å². The summed E-state index contributed by atoms with van der Waals surface area (Å²) in [5.41, 5.74) is 3.60. The number of rotatable bonds is 11. The van der Waals surface area contributed by atoms with Gasteiger partial charge in [-0.2, -0.15) is 4.31 Å². The number of amides is 1. The minimum absolute atomic E-state index is 0.192. The molecule has 1 amide bonds. The van der Waals surface area contributed by atoms with Gasteiger partial charge in [0.2, 0.25) is 10.0 Å². The third-order valence-corrected chi connectivity index (χ3v) is 9.13. The van der Waals surface area contributed by atoms with Crippen LogP contribution in [0.5, 0.6) is 0 Å². The van der Waals surface area contributed by atoms with Gasteiger partial charge < -0.3 is 4.90 Å². The van der Waals surface area contributed by atoms with Gasteiger partial charge in [-0.3, -0.25) is 9.69 Å². The number of benzene rings is 2. The van der Waals surface area contributed by atoms with Gasteiger partial charge in [0.1, 0.15) is 0 Å². The zero-order valence-electron chi connectivity index (χ0n) is 21.5. The Bertz CT molecular complexity index is 1270. The Labute approximate surface area is 213 Å². The van der Waals surface area contributed by atoms with Crippen molar-refractivity contribution in [1.29, 1.82) is 0 Å². The average molecular weight is 517 g/mol. The summed E-state index contributed by atoms with van der Waals surface area (Å²) in [7, 11) is 0.335. The lowest BCUT2D eigenvalue weighted by Gasteiger charge is -2.23. The monoisotopic (exact) mass is 516 g/mol. The molecule has 190 valence electrons. The Morgan fingerprint density at radius 1 is 1.00 bits per heavy atom. The predicted octanol–water partition coefficient (Wildman–Crippen LogP) is 4.93. The van der Waals surface area contributed by atoms with E-state index in [1.165, 1.54) is 27.8 Å². The van der Waals surface area contributed by atoms with Crippen molar-refractivity contribution in [2.24, 2.45) is 0 Å². The maximum atomic E-state index is 13.6. The van der Waals surface area contributed by atoms with E-state index in [0.29, 0.717) is 36.9 Å². The van der Waals surface area contributed by atoms with Crippen LogP contribution in [0.3, 0.4) is 0 Å². The van der Waals surface area contributed by atoms with Crippen molar-refractivity contribution >= 4 is 42.6 Å². The molecule has 0 fully saturated rings. The second-order valence-corrected chi connectivity index (χ2v) is 12.0. The van der Waals surface area contributed by atoms with E-state index >= 15 is 0 Å². The first-order chi connectivity index (χ1) is 16.6. The molecule has 0 aliphatic heterocycles. The fourth-order valence-corrected chi connectivity index (χ4v) is 6.45. The highest BCUT2D eigenvalue weighted by Gasteiger charge is 2.25. The van der Waals surface area contributed by atoms with E-state index in [0.717, 1.165) is 34.2 Å². The maximum Gasteiger partial charge on any atom is 0.260 e. The van der Waals surface area contributed by atoms with Crippen molar-refractivity contribution < 1.29 is 13.2 Å². The van der Waals surface area contributed by atoms with Crippen LogP contribution in [0.2, 0.25) is 0 Å². The Kier molecular flexibility index (Phi) is 9.04. The van der Waals surface area contributed by atoms with E-state index in [4.69, 9.17) is 4.98 Å². The summed E-state index contributed by atoms with van der Waals surface area (Å²) < 4.78 is 28.7. The first kappa shape index (κ1) is 27.3. The molecule has 3 aromatic rings. The van der Waals surface area contributed by atoms with Gasteiger partial charge in [-0.05, 0) is 75.8 Å². The summed E-state index contributed by atoms with van der Waals surface area (Å²) in [5.74, 6) is -0.192. The topological polar surface area (TPSA) is 73.8 Å². The summed E-state index contributed by atoms with van der Waals surface area (Å²) >= 11 is 1.51. The molecule has 0 N–H and O–H groups in total. The van der Waals surface area contributed by atoms with Crippen molar-refractivity contribution in [3.05, 3.63) is 53.1 Å². The van der Waals surface area contributed by atoms with E-state index in [9.17, 15) is 13.2 Å². The molecule has 0 spiro atoms. The smallest absolute Gasteiger partial charge is 0.260 e. The van der Waals surface area contributed by atoms with Crippen molar-refractivity contribution in [1.82, 2.24) is 14.2 Å². The number of hydrogen-bond acceptors (Lipinski definition) is 6. The lowest BCUT2D eigenvalue weighted by Crippen LogP contribution is -2.36. The number of aromatic nitrogens is 1. The van der Waals surface area contributed by atoms with Crippen LogP contribution in [0.15, 0.2) is 41.3 Å². The molecule has 0 unspecified atom stereocenters. The van der Waals surface area contributed by atoms with Crippen LogP contribution in [0.25, 0.3) is 10.2 Å². The first-order valence-electron chi connectivity index (χ1n) is 12.0. The number of carbonyl (C=O) groups excluding carboxylic acids is 1. The van der Waals surface area contributed by atoms with E-state index in [1.807, 2.05) is 45.8 Å². The molecule has 0 saturated carbocycles. The van der Waals surface area contributed by atoms with Crippen molar-refractivity contribution in [2.45, 2.75) is 45.4 Å². The molecular formula is C26H36N4O3S2. The van der Waals surface area contributed by atoms with E-state index in [-0.39, 0.29) is 10.8 Å². The van der Waals surface area contributed by atoms with Crippen molar-refractivity contribution in [3.8, 4) is 0 Å². The summed E-state index contributed by atoms with van der Waals surface area (Å²) in [5, 5.41) is 0.647. The van der Waals surface area contributed by atoms with Gasteiger partial charge in [-0.15, -0.1) is 0 Å². The SMILES string of the molecule is CCCCN(CC)S(=O)(=O)c1ccc(C(=O)N(CCN(C)C)c2nc3cc(C)cc(C)c3s2)cc1. The molecule has 0 radical (unpaired) electrons. The number of fused-ring (bicyclic) bond motifs is 1. The van der Waals surface area contributed by atoms with Gasteiger partial charge in [0.05, 0.1) is 15.1 Å². The largest absolute Gasteiger partial charge is 0.308 e. The molecule has 9 heteroatoms. The Morgan fingerprint density at radius 2 is 1.69 bits per heavy atom. The first-order valence-corrected chi connectivity index (χ1v) is 14.3. The Hall–Kier alpha value is -2.33. The minimum Gasteiger partial charge on any atom is -0.308 e. The number of thiazole rings is 1. The number of anilines is 1. The second-order valence-electron chi connectivity index (χ2n) is 9.06. The highest BCUT2D eigenvalue weighted by Crippen LogP contribution is 2.33. The molecular weight excluding hydrogens is 480 g/mol. The van der Waals surface area contributed by atoms with Crippen LogP contribution in [0, 0.1) is 13.8 Å². The maximum absolute atomic E-state index is 13.6. The Morgan fingerprint density at radius 3 is 2.29 bits per heavy atom. The average Bonchev–Trinajstić information content (AvgIpc) is 3.23. The van der Waals surface area contributed by atoms with Crippen LogP contribution in [-0.2, 0) is 10.0 Å². The molecule has 0 bridgehead atoms. The molecule has 0 aliphatic carbocycles. The van der Waals surface area contributed by atoms with Gasteiger partial charge in [0, 0.05) is 31.7 Å².